The quantitative estimate of drug-likeness (QED) is 0.841. The molecule has 0 spiro atoms. The van der Waals surface area contributed by atoms with Crippen molar-refractivity contribution < 1.29 is 22.7 Å². The first-order chi connectivity index (χ1) is 11.3. The van der Waals surface area contributed by atoms with Gasteiger partial charge in [-0.25, -0.2) is 0 Å². The van der Waals surface area contributed by atoms with Crippen LogP contribution < -0.4 is 15.4 Å². The Labute approximate surface area is 136 Å². The largest absolute Gasteiger partial charge is 0.573 e. The van der Waals surface area contributed by atoms with Crippen molar-refractivity contribution in [1.82, 2.24) is 20.4 Å². The van der Waals surface area contributed by atoms with Crippen molar-refractivity contribution in [2.24, 2.45) is 7.05 Å². The number of carbonyl (C=O) groups is 1. The number of benzene rings is 1. The smallest absolute Gasteiger partial charge is 0.405 e. The number of amides is 1. The number of aromatic nitrogens is 2. The first kappa shape index (κ1) is 17.8. The zero-order valence-electron chi connectivity index (χ0n) is 13.1. The molecule has 2 aromatic rings. The third-order valence-electron chi connectivity index (χ3n) is 3.26. The highest BCUT2D eigenvalue weighted by Crippen LogP contribution is 2.26. The molecule has 0 aliphatic heterocycles. The summed E-state index contributed by atoms with van der Waals surface area (Å²) in [6.07, 6.45) is -1.56. The van der Waals surface area contributed by atoms with Gasteiger partial charge in [-0.05, 0) is 13.1 Å². The average molecular weight is 342 g/mol. The molecule has 0 saturated carbocycles. The molecule has 1 heterocycles. The van der Waals surface area contributed by atoms with Crippen LogP contribution in [0.15, 0.2) is 36.7 Å². The van der Waals surface area contributed by atoms with Crippen LogP contribution in [0, 0.1) is 0 Å². The number of nitrogens with zero attached hydrogens (tertiary/aromatic N) is 2. The number of carbonyl (C=O) groups excluding carboxylic acids is 1. The van der Waals surface area contributed by atoms with E-state index in [1.54, 1.807) is 37.2 Å². The summed E-state index contributed by atoms with van der Waals surface area (Å²) in [6, 6.07) is 5.00. The maximum atomic E-state index is 12.4. The third-order valence-corrected chi connectivity index (χ3v) is 3.26. The SMILES string of the molecule is CNC(C(=O)NCc1ccccc1OC(F)(F)F)c1cnn(C)c1. The average Bonchev–Trinajstić information content (AvgIpc) is 2.92. The fourth-order valence-corrected chi connectivity index (χ4v) is 2.20. The number of ether oxygens (including phenoxy) is 1. The number of likely N-dealkylation sites (N-methyl/N-ethyl adjacent to an activating group) is 1. The highest BCUT2D eigenvalue weighted by Gasteiger charge is 2.32. The van der Waals surface area contributed by atoms with Crippen LogP contribution in [0.2, 0.25) is 0 Å². The lowest BCUT2D eigenvalue weighted by Crippen LogP contribution is -2.35. The Kier molecular flexibility index (Phi) is 5.45. The van der Waals surface area contributed by atoms with E-state index in [2.05, 4.69) is 20.5 Å². The summed E-state index contributed by atoms with van der Waals surface area (Å²) in [4.78, 5) is 12.3. The van der Waals surface area contributed by atoms with Crippen molar-refractivity contribution in [3.05, 3.63) is 47.8 Å². The zero-order chi connectivity index (χ0) is 17.7. The Balaban J connectivity index is 2.06. The molecular weight excluding hydrogens is 325 g/mol. The monoisotopic (exact) mass is 342 g/mol. The minimum Gasteiger partial charge on any atom is -0.405 e. The van der Waals surface area contributed by atoms with Crippen LogP contribution in [0.3, 0.4) is 0 Å². The number of hydrogen-bond donors (Lipinski definition) is 2. The normalized spacial score (nSPS) is 12.7. The van der Waals surface area contributed by atoms with Crippen molar-refractivity contribution >= 4 is 5.91 Å². The van der Waals surface area contributed by atoms with E-state index in [0.717, 1.165) is 0 Å². The molecule has 1 aromatic heterocycles. The van der Waals surface area contributed by atoms with Crippen molar-refractivity contribution in [2.75, 3.05) is 7.05 Å². The van der Waals surface area contributed by atoms with Crippen LogP contribution in [-0.2, 0) is 18.4 Å². The van der Waals surface area contributed by atoms with Gasteiger partial charge >= 0.3 is 6.36 Å². The van der Waals surface area contributed by atoms with Gasteiger partial charge in [0.2, 0.25) is 5.91 Å². The predicted octanol–water partition coefficient (Wildman–Crippen LogP) is 1.90. The number of rotatable bonds is 6. The summed E-state index contributed by atoms with van der Waals surface area (Å²) in [5.74, 6) is -0.722. The minimum atomic E-state index is -4.79. The Morgan fingerprint density at radius 1 is 1.38 bits per heavy atom. The number of para-hydroxylation sites is 1. The van der Waals surface area contributed by atoms with Crippen molar-refractivity contribution in [3.63, 3.8) is 0 Å². The fourth-order valence-electron chi connectivity index (χ4n) is 2.20. The van der Waals surface area contributed by atoms with Gasteiger partial charge in [0.1, 0.15) is 11.8 Å². The topological polar surface area (TPSA) is 68.2 Å². The molecule has 2 rings (SSSR count). The molecule has 24 heavy (non-hydrogen) atoms. The second-order valence-corrected chi connectivity index (χ2v) is 5.04. The van der Waals surface area contributed by atoms with Crippen LogP contribution in [0.4, 0.5) is 13.2 Å². The van der Waals surface area contributed by atoms with Gasteiger partial charge in [-0.15, -0.1) is 13.2 Å². The van der Waals surface area contributed by atoms with E-state index in [0.29, 0.717) is 5.56 Å². The number of hydrogen-bond acceptors (Lipinski definition) is 4. The Morgan fingerprint density at radius 2 is 2.08 bits per heavy atom. The van der Waals surface area contributed by atoms with Gasteiger partial charge < -0.3 is 15.4 Å². The molecule has 0 aliphatic rings. The van der Waals surface area contributed by atoms with Gasteiger partial charge in [-0.3, -0.25) is 9.48 Å². The first-order valence-electron chi connectivity index (χ1n) is 7.07. The molecule has 1 unspecified atom stereocenters. The molecule has 2 N–H and O–H groups in total. The standard InChI is InChI=1S/C15H17F3N4O2/c1-19-13(11-8-21-22(2)9-11)14(23)20-7-10-5-3-4-6-12(10)24-15(16,17)18/h3-6,8-9,13,19H,7H2,1-2H3,(H,20,23). The van der Waals surface area contributed by atoms with E-state index in [4.69, 9.17) is 0 Å². The number of halogens is 3. The summed E-state index contributed by atoms with van der Waals surface area (Å²) in [7, 11) is 3.33. The lowest BCUT2D eigenvalue weighted by Gasteiger charge is -2.16. The van der Waals surface area contributed by atoms with Crippen molar-refractivity contribution in [2.45, 2.75) is 18.9 Å². The van der Waals surface area contributed by atoms with Crippen molar-refractivity contribution in [1.29, 1.82) is 0 Å². The molecule has 1 atom stereocenters. The molecule has 0 bridgehead atoms. The Bertz CT molecular complexity index is 700. The molecule has 1 aromatic carbocycles. The molecule has 6 nitrogen and oxygen atoms in total. The second kappa shape index (κ2) is 7.35. The predicted molar refractivity (Wildman–Crippen MR) is 80.0 cm³/mol. The lowest BCUT2D eigenvalue weighted by atomic mass is 10.1. The maximum absolute atomic E-state index is 12.4. The molecule has 0 radical (unpaired) electrons. The molecule has 9 heteroatoms. The summed E-state index contributed by atoms with van der Waals surface area (Å²) < 4.78 is 42.7. The molecular formula is C15H17F3N4O2. The summed E-state index contributed by atoms with van der Waals surface area (Å²) >= 11 is 0. The van der Waals surface area contributed by atoms with E-state index in [1.165, 1.54) is 18.2 Å². The van der Waals surface area contributed by atoms with E-state index < -0.39 is 12.4 Å². The minimum absolute atomic E-state index is 0.0937. The third kappa shape index (κ3) is 4.72. The van der Waals surface area contributed by atoms with E-state index >= 15 is 0 Å². The van der Waals surface area contributed by atoms with Gasteiger partial charge in [0.25, 0.3) is 0 Å². The van der Waals surface area contributed by atoms with Gasteiger partial charge in [-0.2, -0.15) is 5.10 Å². The fraction of sp³-hybridized carbons (Fsp3) is 0.333. The Hall–Kier alpha value is -2.55. The summed E-state index contributed by atoms with van der Waals surface area (Å²) in [5, 5.41) is 9.43. The van der Waals surface area contributed by atoms with E-state index in [1.807, 2.05) is 0 Å². The summed E-state index contributed by atoms with van der Waals surface area (Å²) in [5.41, 5.74) is 0.876. The van der Waals surface area contributed by atoms with Crippen LogP contribution in [-0.4, -0.2) is 29.1 Å². The van der Waals surface area contributed by atoms with Gasteiger partial charge in [-0.1, -0.05) is 18.2 Å². The summed E-state index contributed by atoms with van der Waals surface area (Å²) in [6.45, 7) is -0.0937. The molecule has 0 aliphatic carbocycles. The number of nitrogens with one attached hydrogen (secondary N) is 2. The molecule has 1 amide bonds. The number of alkyl halides is 3. The molecule has 0 fully saturated rings. The number of aryl methyl sites for hydroxylation is 1. The van der Waals surface area contributed by atoms with Gasteiger partial charge in [0.05, 0.1) is 6.20 Å². The van der Waals surface area contributed by atoms with Crippen molar-refractivity contribution in [3.8, 4) is 5.75 Å². The van der Waals surface area contributed by atoms with Crippen LogP contribution in [0.1, 0.15) is 17.2 Å². The lowest BCUT2D eigenvalue weighted by molar-refractivity contribution is -0.274. The second-order valence-electron chi connectivity index (χ2n) is 5.04. The van der Waals surface area contributed by atoms with E-state index in [9.17, 15) is 18.0 Å². The van der Waals surface area contributed by atoms with Gasteiger partial charge in [0, 0.05) is 30.9 Å². The van der Waals surface area contributed by atoms with E-state index in [-0.39, 0.29) is 23.8 Å². The van der Waals surface area contributed by atoms with Crippen LogP contribution >= 0.6 is 0 Å². The van der Waals surface area contributed by atoms with Gasteiger partial charge in [0.15, 0.2) is 0 Å². The van der Waals surface area contributed by atoms with Crippen LogP contribution in [0.25, 0.3) is 0 Å². The first-order valence-corrected chi connectivity index (χ1v) is 7.07. The molecule has 130 valence electrons. The Morgan fingerprint density at radius 3 is 2.67 bits per heavy atom. The van der Waals surface area contributed by atoms with Crippen LogP contribution in [0.5, 0.6) is 5.75 Å². The highest BCUT2D eigenvalue weighted by molar-refractivity contribution is 5.83. The highest BCUT2D eigenvalue weighted by atomic mass is 19.4. The molecule has 0 saturated heterocycles. The zero-order valence-corrected chi connectivity index (χ0v) is 13.1. The maximum Gasteiger partial charge on any atom is 0.573 e.